The van der Waals surface area contributed by atoms with Crippen molar-refractivity contribution in [3.63, 3.8) is 0 Å². The first kappa shape index (κ1) is 19.2. The molecule has 0 saturated heterocycles. The number of ether oxygens (including phenoxy) is 3. The van der Waals surface area contributed by atoms with Crippen LogP contribution in [0.1, 0.15) is 5.76 Å². The minimum absolute atomic E-state index is 0. The van der Waals surface area contributed by atoms with Gasteiger partial charge in [-0.2, -0.15) is 0 Å². The summed E-state index contributed by atoms with van der Waals surface area (Å²) in [6.07, 6.45) is 2.48. The maximum absolute atomic E-state index is 5.69. The lowest BCUT2D eigenvalue weighted by Crippen LogP contribution is -2.40. The number of aliphatic imine (C=N–C) groups is 1. The number of furan rings is 1. The lowest BCUT2D eigenvalue weighted by Gasteiger charge is -2.12. The molecule has 1 aliphatic rings. The topological polar surface area (TPSA) is 77.3 Å². The molecule has 1 aromatic heterocycles. The SMILES string of the molecule is CN=C(NCCOc1ccc2c(c1)OCO2)NCCc1ccco1.I. The summed E-state index contributed by atoms with van der Waals surface area (Å²) in [4.78, 5) is 4.17. The van der Waals surface area contributed by atoms with Gasteiger partial charge in [-0.25, -0.2) is 0 Å². The van der Waals surface area contributed by atoms with Crippen LogP contribution < -0.4 is 24.8 Å². The molecule has 0 saturated carbocycles. The molecule has 2 aromatic rings. The van der Waals surface area contributed by atoms with Crippen LogP contribution in [0.2, 0.25) is 0 Å². The van der Waals surface area contributed by atoms with E-state index >= 15 is 0 Å². The Hall–Kier alpha value is -2.10. The number of hydrogen-bond donors (Lipinski definition) is 2. The predicted molar refractivity (Wildman–Crippen MR) is 105 cm³/mol. The first-order chi connectivity index (χ1) is 11.8. The molecule has 0 fully saturated rings. The monoisotopic (exact) mass is 459 g/mol. The van der Waals surface area contributed by atoms with Crippen LogP contribution in [0.4, 0.5) is 0 Å². The zero-order chi connectivity index (χ0) is 16.6. The maximum Gasteiger partial charge on any atom is 0.231 e. The van der Waals surface area contributed by atoms with Crippen molar-refractivity contribution in [3.8, 4) is 17.2 Å². The number of halogens is 1. The largest absolute Gasteiger partial charge is 0.492 e. The molecule has 0 atom stereocenters. The Morgan fingerprint density at radius 3 is 2.80 bits per heavy atom. The first-order valence-corrected chi connectivity index (χ1v) is 7.84. The Bertz CT molecular complexity index is 677. The Labute approximate surface area is 163 Å². The van der Waals surface area contributed by atoms with Crippen LogP contribution in [0.5, 0.6) is 17.2 Å². The molecule has 3 rings (SSSR count). The summed E-state index contributed by atoms with van der Waals surface area (Å²) in [5.41, 5.74) is 0. The molecule has 8 heteroatoms. The van der Waals surface area contributed by atoms with Crippen molar-refractivity contribution in [2.24, 2.45) is 4.99 Å². The van der Waals surface area contributed by atoms with Crippen LogP contribution in [-0.4, -0.2) is 39.5 Å². The van der Waals surface area contributed by atoms with Gasteiger partial charge in [0.1, 0.15) is 18.1 Å². The highest BCUT2D eigenvalue weighted by Gasteiger charge is 2.13. The molecule has 2 heterocycles. The summed E-state index contributed by atoms with van der Waals surface area (Å²) in [6, 6.07) is 9.38. The Kier molecular flexibility index (Phi) is 7.71. The third kappa shape index (κ3) is 5.73. The second-order valence-electron chi connectivity index (χ2n) is 5.12. The molecule has 25 heavy (non-hydrogen) atoms. The number of nitrogens with zero attached hydrogens (tertiary/aromatic N) is 1. The van der Waals surface area contributed by atoms with Gasteiger partial charge in [0.05, 0.1) is 12.8 Å². The number of nitrogens with one attached hydrogen (secondary N) is 2. The lowest BCUT2D eigenvalue weighted by atomic mass is 10.3. The van der Waals surface area contributed by atoms with Gasteiger partial charge in [-0.3, -0.25) is 4.99 Å². The fraction of sp³-hybridized carbons (Fsp3) is 0.353. The molecule has 0 aliphatic carbocycles. The second-order valence-corrected chi connectivity index (χ2v) is 5.12. The Balaban J connectivity index is 0.00000225. The minimum Gasteiger partial charge on any atom is -0.492 e. The summed E-state index contributed by atoms with van der Waals surface area (Å²) in [7, 11) is 1.74. The van der Waals surface area contributed by atoms with Gasteiger partial charge < -0.3 is 29.3 Å². The van der Waals surface area contributed by atoms with Crippen LogP contribution in [0, 0.1) is 0 Å². The Morgan fingerprint density at radius 2 is 2.00 bits per heavy atom. The number of hydrogen-bond acceptors (Lipinski definition) is 5. The van der Waals surface area contributed by atoms with Crippen molar-refractivity contribution in [3.05, 3.63) is 42.4 Å². The highest BCUT2D eigenvalue weighted by molar-refractivity contribution is 14.0. The van der Waals surface area contributed by atoms with Crippen molar-refractivity contribution in [1.29, 1.82) is 0 Å². The van der Waals surface area contributed by atoms with E-state index in [2.05, 4.69) is 15.6 Å². The fourth-order valence-corrected chi connectivity index (χ4v) is 2.28. The van der Waals surface area contributed by atoms with Gasteiger partial charge in [-0.05, 0) is 24.3 Å². The third-order valence-corrected chi connectivity index (χ3v) is 3.47. The van der Waals surface area contributed by atoms with E-state index in [0.717, 1.165) is 41.9 Å². The van der Waals surface area contributed by atoms with E-state index in [1.807, 2.05) is 30.3 Å². The van der Waals surface area contributed by atoms with Crippen LogP contribution in [0.3, 0.4) is 0 Å². The zero-order valence-electron chi connectivity index (χ0n) is 14.0. The second kappa shape index (κ2) is 10.0. The molecule has 1 aliphatic heterocycles. The molecule has 7 nitrogen and oxygen atoms in total. The molecule has 1 aromatic carbocycles. The van der Waals surface area contributed by atoms with E-state index in [0.29, 0.717) is 13.2 Å². The lowest BCUT2D eigenvalue weighted by molar-refractivity contribution is 0.173. The van der Waals surface area contributed by atoms with Crippen LogP contribution in [0.15, 0.2) is 46.0 Å². The summed E-state index contributed by atoms with van der Waals surface area (Å²) >= 11 is 0. The minimum atomic E-state index is 0. The molecule has 0 amide bonds. The number of fused-ring (bicyclic) bond motifs is 1. The standard InChI is InChI=1S/C17H21N3O4.HI/c1-18-17(19-7-6-13-3-2-9-21-13)20-8-10-22-14-4-5-15-16(11-14)24-12-23-15;/h2-5,9,11H,6-8,10,12H2,1H3,(H2,18,19,20);1H. The fourth-order valence-electron chi connectivity index (χ4n) is 2.28. The van der Waals surface area contributed by atoms with Crippen molar-refractivity contribution >= 4 is 29.9 Å². The number of guanidine groups is 1. The maximum atomic E-state index is 5.69. The quantitative estimate of drug-likeness (QED) is 0.287. The molecular weight excluding hydrogens is 437 g/mol. The third-order valence-electron chi connectivity index (χ3n) is 3.47. The summed E-state index contributed by atoms with van der Waals surface area (Å²) in [5.74, 6) is 3.90. The van der Waals surface area contributed by atoms with Crippen molar-refractivity contribution in [1.82, 2.24) is 10.6 Å². The highest BCUT2D eigenvalue weighted by Crippen LogP contribution is 2.34. The molecule has 136 valence electrons. The molecule has 0 unspecified atom stereocenters. The number of benzene rings is 1. The molecule has 2 N–H and O–H groups in total. The van der Waals surface area contributed by atoms with Crippen molar-refractivity contribution in [2.45, 2.75) is 6.42 Å². The highest BCUT2D eigenvalue weighted by atomic mass is 127. The molecule has 0 bridgehead atoms. The normalized spacial score (nSPS) is 12.4. The molecule has 0 spiro atoms. The molecular formula is C17H22IN3O4. The van der Waals surface area contributed by atoms with Gasteiger partial charge in [0.2, 0.25) is 6.79 Å². The van der Waals surface area contributed by atoms with Gasteiger partial charge >= 0.3 is 0 Å². The zero-order valence-corrected chi connectivity index (χ0v) is 16.3. The van der Waals surface area contributed by atoms with E-state index < -0.39 is 0 Å². The average molecular weight is 459 g/mol. The van der Waals surface area contributed by atoms with E-state index in [9.17, 15) is 0 Å². The van der Waals surface area contributed by atoms with Crippen molar-refractivity contribution < 1.29 is 18.6 Å². The first-order valence-electron chi connectivity index (χ1n) is 7.84. The van der Waals surface area contributed by atoms with E-state index in [1.54, 1.807) is 13.3 Å². The number of rotatable bonds is 7. The summed E-state index contributed by atoms with van der Waals surface area (Å²) in [6.45, 7) is 2.16. The van der Waals surface area contributed by atoms with Crippen LogP contribution >= 0.6 is 24.0 Å². The Morgan fingerprint density at radius 1 is 1.16 bits per heavy atom. The van der Waals surface area contributed by atoms with E-state index in [-0.39, 0.29) is 30.8 Å². The van der Waals surface area contributed by atoms with Gasteiger partial charge in [0, 0.05) is 26.1 Å². The smallest absolute Gasteiger partial charge is 0.231 e. The van der Waals surface area contributed by atoms with Gasteiger partial charge in [-0.15, -0.1) is 24.0 Å². The van der Waals surface area contributed by atoms with E-state index in [1.165, 1.54) is 0 Å². The van der Waals surface area contributed by atoms with Crippen molar-refractivity contribution in [2.75, 3.05) is 33.5 Å². The van der Waals surface area contributed by atoms with Gasteiger partial charge in [0.15, 0.2) is 17.5 Å². The van der Waals surface area contributed by atoms with Gasteiger partial charge in [-0.1, -0.05) is 0 Å². The van der Waals surface area contributed by atoms with Gasteiger partial charge in [0.25, 0.3) is 0 Å². The average Bonchev–Trinajstić information content (AvgIpc) is 3.27. The van der Waals surface area contributed by atoms with Crippen LogP contribution in [0.25, 0.3) is 0 Å². The summed E-state index contributed by atoms with van der Waals surface area (Å²) < 4.78 is 21.6. The summed E-state index contributed by atoms with van der Waals surface area (Å²) in [5, 5.41) is 6.43. The van der Waals surface area contributed by atoms with E-state index in [4.69, 9.17) is 18.6 Å². The predicted octanol–water partition coefficient (Wildman–Crippen LogP) is 2.41. The van der Waals surface area contributed by atoms with Crippen LogP contribution in [-0.2, 0) is 6.42 Å². The molecule has 0 radical (unpaired) electrons.